The van der Waals surface area contributed by atoms with Crippen molar-refractivity contribution in [1.29, 1.82) is 0 Å². The van der Waals surface area contributed by atoms with Gasteiger partial charge >= 0.3 is 0 Å². The highest BCUT2D eigenvalue weighted by molar-refractivity contribution is 5.43. The van der Waals surface area contributed by atoms with Gasteiger partial charge in [0, 0.05) is 0 Å². The molecule has 2 aromatic rings. The molecule has 0 unspecified atom stereocenters. The zero-order valence-electron chi connectivity index (χ0n) is 10.1. The largest absolute Gasteiger partial charge is 0.381 e. The molecule has 0 aliphatic carbocycles. The van der Waals surface area contributed by atoms with Crippen LogP contribution in [0.3, 0.4) is 0 Å². The van der Waals surface area contributed by atoms with Gasteiger partial charge in [-0.25, -0.2) is 9.07 Å². The molecule has 0 fully saturated rings. The van der Waals surface area contributed by atoms with Gasteiger partial charge in [-0.05, 0) is 30.5 Å². The number of anilines is 1. The minimum atomic E-state index is -0.322. The number of hydrogen-bond acceptors (Lipinski definition) is 3. The van der Waals surface area contributed by atoms with E-state index >= 15 is 0 Å². The molecule has 0 saturated carbocycles. The third kappa shape index (κ3) is 2.00. The van der Waals surface area contributed by atoms with Crippen LogP contribution in [0.15, 0.2) is 18.2 Å². The molecule has 0 radical (unpaired) electrons. The maximum Gasteiger partial charge on any atom is 0.169 e. The first-order valence-electron chi connectivity index (χ1n) is 5.48. The topological polar surface area (TPSA) is 56.7 Å². The lowest BCUT2D eigenvalue weighted by atomic mass is 10.1. The summed E-state index contributed by atoms with van der Waals surface area (Å²) in [4.78, 5) is 0. The summed E-state index contributed by atoms with van der Waals surface area (Å²) < 4.78 is 15.3. The molecule has 2 rings (SSSR count). The first-order chi connectivity index (χ1) is 8.00. The van der Waals surface area contributed by atoms with Crippen molar-refractivity contribution in [2.45, 2.75) is 26.7 Å². The lowest BCUT2D eigenvalue weighted by molar-refractivity contribution is 0.597. The molecule has 1 aromatic carbocycles. The van der Waals surface area contributed by atoms with Crippen molar-refractivity contribution in [3.8, 4) is 5.69 Å². The van der Waals surface area contributed by atoms with Gasteiger partial charge in [0.25, 0.3) is 0 Å². The zero-order valence-corrected chi connectivity index (χ0v) is 10.1. The van der Waals surface area contributed by atoms with E-state index < -0.39 is 0 Å². The number of rotatable bonds is 2. The Hall–Kier alpha value is -1.91. The maximum absolute atomic E-state index is 13.9. The van der Waals surface area contributed by atoms with Crippen LogP contribution in [-0.4, -0.2) is 15.0 Å². The van der Waals surface area contributed by atoms with Gasteiger partial charge in [-0.2, -0.15) is 0 Å². The Bertz CT molecular complexity index is 545. The second-order valence-corrected chi connectivity index (χ2v) is 4.38. The number of aryl methyl sites for hydroxylation is 1. The van der Waals surface area contributed by atoms with Gasteiger partial charge in [-0.1, -0.05) is 25.1 Å². The number of nitrogen functional groups attached to an aromatic ring is 1. The Morgan fingerprint density at radius 2 is 2.06 bits per heavy atom. The molecule has 1 aromatic heterocycles. The zero-order chi connectivity index (χ0) is 12.6. The van der Waals surface area contributed by atoms with Crippen molar-refractivity contribution >= 4 is 5.82 Å². The smallest absolute Gasteiger partial charge is 0.169 e. The SMILES string of the molecule is Cc1ccc(-n2nnc(N)c2C(C)C)c(F)c1. The number of nitrogens with two attached hydrogens (primary N) is 1. The predicted octanol–water partition coefficient (Wildman–Crippen LogP) is 2.42. The fraction of sp³-hybridized carbons (Fsp3) is 0.333. The van der Waals surface area contributed by atoms with Crippen molar-refractivity contribution in [1.82, 2.24) is 15.0 Å². The van der Waals surface area contributed by atoms with Crippen molar-refractivity contribution in [3.63, 3.8) is 0 Å². The second kappa shape index (κ2) is 4.16. The Morgan fingerprint density at radius 1 is 1.35 bits per heavy atom. The molecule has 1 heterocycles. The summed E-state index contributed by atoms with van der Waals surface area (Å²) in [5.74, 6) is 0.155. The van der Waals surface area contributed by atoms with Crippen molar-refractivity contribution in [2.75, 3.05) is 5.73 Å². The summed E-state index contributed by atoms with van der Waals surface area (Å²) in [6.45, 7) is 5.78. The van der Waals surface area contributed by atoms with Crippen LogP contribution in [0.2, 0.25) is 0 Å². The number of hydrogen-bond donors (Lipinski definition) is 1. The molecule has 0 amide bonds. The molecule has 0 aliphatic rings. The summed E-state index contributed by atoms with van der Waals surface area (Å²) in [6, 6.07) is 4.99. The molecule has 4 nitrogen and oxygen atoms in total. The van der Waals surface area contributed by atoms with Gasteiger partial charge in [0.2, 0.25) is 0 Å². The van der Waals surface area contributed by atoms with Crippen LogP contribution in [0.25, 0.3) is 5.69 Å². The van der Waals surface area contributed by atoms with E-state index in [1.807, 2.05) is 26.8 Å². The van der Waals surface area contributed by atoms with E-state index in [9.17, 15) is 4.39 Å². The van der Waals surface area contributed by atoms with Crippen LogP contribution >= 0.6 is 0 Å². The second-order valence-electron chi connectivity index (χ2n) is 4.38. The fourth-order valence-corrected chi connectivity index (χ4v) is 1.80. The summed E-state index contributed by atoms with van der Waals surface area (Å²) in [5, 5.41) is 7.70. The number of benzene rings is 1. The predicted molar refractivity (Wildman–Crippen MR) is 64.6 cm³/mol. The van der Waals surface area contributed by atoms with Crippen LogP contribution in [0.1, 0.15) is 31.0 Å². The van der Waals surface area contributed by atoms with E-state index in [0.717, 1.165) is 11.3 Å². The number of nitrogens with zero attached hydrogens (tertiary/aromatic N) is 3. The van der Waals surface area contributed by atoms with E-state index in [1.54, 1.807) is 6.07 Å². The standard InChI is InChI=1S/C12H15FN4/c1-7(2)11-12(14)15-16-17(11)10-5-4-8(3)6-9(10)13/h4-7H,14H2,1-3H3. The minimum absolute atomic E-state index is 0.130. The first kappa shape index (κ1) is 11.6. The molecular formula is C12H15FN4. The molecule has 5 heteroatoms. The fourth-order valence-electron chi connectivity index (χ4n) is 1.80. The molecule has 0 saturated heterocycles. The van der Waals surface area contributed by atoms with Crippen LogP contribution in [0.5, 0.6) is 0 Å². The first-order valence-corrected chi connectivity index (χ1v) is 5.48. The van der Waals surface area contributed by atoms with E-state index in [0.29, 0.717) is 11.5 Å². The van der Waals surface area contributed by atoms with Crippen molar-refractivity contribution < 1.29 is 4.39 Å². The summed E-state index contributed by atoms with van der Waals surface area (Å²) in [5.41, 5.74) is 7.72. The molecule has 90 valence electrons. The average Bonchev–Trinajstić information content (AvgIpc) is 2.60. The van der Waals surface area contributed by atoms with Gasteiger partial charge in [0.05, 0.1) is 5.69 Å². The summed E-state index contributed by atoms with van der Waals surface area (Å²) in [6.07, 6.45) is 0. The van der Waals surface area contributed by atoms with Gasteiger partial charge in [0.1, 0.15) is 11.5 Å². The minimum Gasteiger partial charge on any atom is -0.381 e. The average molecular weight is 234 g/mol. The van der Waals surface area contributed by atoms with E-state index in [4.69, 9.17) is 5.73 Å². The van der Waals surface area contributed by atoms with Crippen molar-refractivity contribution in [2.24, 2.45) is 0 Å². The van der Waals surface area contributed by atoms with Crippen LogP contribution in [0.4, 0.5) is 10.2 Å². The quantitative estimate of drug-likeness (QED) is 0.868. The molecular weight excluding hydrogens is 219 g/mol. The van der Waals surface area contributed by atoms with Gasteiger partial charge in [0.15, 0.2) is 5.82 Å². The number of aromatic nitrogens is 3. The monoisotopic (exact) mass is 234 g/mol. The molecule has 0 atom stereocenters. The lowest BCUT2D eigenvalue weighted by Crippen LogP contribution is -2.07. The summed E-state index contributed by atoms with van der Waals surface area (Å²) >= 11 is 0. The molecule has 0 bridgehead atoms. The van der Waals surface area contributed by atoms with Crippen LogP contribution in [0, 0.1) is 12.7 Å². The van der Waals surface area contributed by atoms with Crippen LogP contribution < -0.4 is 5.73 Å². The lowest BCUT2D eigenvalue weighted by Gasteiger charge is -2.10. The normalized spacial score (nSPS) is 11.1. The molecule has 2 N–H and O–H groups in total. The Kier molecular flexibility index (Phi) is 2.83. The van der Waals surface area contributed by atoms with Gasteiger partial charge in [-0.15, -0.1) is 5.10 Å². The third-order valence-electron chi connectivity index (χ3n) is 2.61. The summed E-state index contributed by atoms with van der Waals surface area (Å²) in [7, 11) is 0. The van der Waals surface area contributed by atoms with E-state index in [2.05, 4.69) is 10.3 Å². The van der Waals surface area contributed by atoms with E-state index in [-0.39, 0.29) is 11.7 Å². The Morgan fingerprint density at radius 3 is 2.65 bits per heavy atom. The van der Waals surface area contributed by atoms with Crippen LogP contribution in [-0.2, 0) is 0 Å². The third-order valence-corrected chi connectivity index (χ3v) is 2.61. The van der Waals surface area contributed by atoms with Gasteiger partial charge in [-0.3, -0.25) is 0 Å². The highest BCUT2D eigenvalue weighted by Crippen LogP contribution is 2.24. The molecule has 0 spiro atoms. The Balaban J connectivity index is 2.61. The molecule has 0 aliphatic heterocycles. The van der Waals surface area contributed by atoms with Crippen molar-refractivity contribution in [3.05, 3.63) is 35.3 Å². The highest BCUT2D eigenvalue weighted by Gasteiger charge is 2.17. The number of halogens is 1. The molecule has 17 heavy (non-hydrogen) atoms. The Labute approximate surface area is 99.2 Å². The highest BCUT2D eigenvalue weighted by atomic mass is 19.1. The van der Waals surface area contributed by atoms with Gasteiger partial charge < -0.3 is 5.73 Å². The van der Waals surface area contributed by atoms with E-state index in [1.165, 1.54) is 10.7 Å². The maximum atomic E-state index is 13.9.